The van der Waals surface area contributed by atoms with Crippen LogP contribution in [0.15, 0.2) is 124 Å². The summed E-state index contributed by atoms with van der Waals surface area (Å²) in [6.07, 6.45) is 0. The van der Waals surface area contributed by atoms with Gasteiger partial charge in [0.1, 0.15) is 17.2 Å². The quantitative estimate of drug-likeness (QED) is 0.202. The van der Waals surface area contributed by atoms with Crippen molar-refractivity contribution in [2.75, 3.05) is 0 Å². The lowest BCUT2D eigenvalue weighted by atomic mass is 9.98. The SMILES string of the molecule is [C-]#[N+]c1ccc2c(c1)c1ccccc1n2-c1c(C#N)cccc1-c1ccc2oc3c(ccc4c5ccccc5oc43)c2c1. The van der Waals surface area contributed by atoms with E-state index in [2.05, 4.69) is 57.9 Å². The highest BCUT2D eigenvalue weighted by molar-refractivity contribution is 6.19. The van der Waals surface area contributed by atoms with E-state index in [0.717, 1.165) is 82.5 Å². The largest absolute Gasteiger partial charge is 0.452 e. The first kappa shape index (κ1) is 23.4. The van der Waals surface area contributed by atoms with E-state index < -0.39 is 0 Å². The zero-order valence-electron chi connectivity index (χ0n) is 22.6. The van der Waals surface area contributed by atoms with Gasteiger partial charge in [0.2, 0.25) is 0 Å². The molecular weight excluding hydrogens is 530 g/mol. The van der Waals surface area contributed by atoms with E-state index in [0.29, 0.717) is 11.3 Å². The predicted molar refractivity (Wildman–Crippen MR) is 172 cm³/mol. The Labute approximate surface area is 244 Å². The van der Waals surface area contributed by atoms with Crippen LogP contribution in [0.2, 0.25) is 0 Å². The summed E-state index contributed by atoms with van der Waals surface area (Å²) in [7, 11) is 0. The normalized spacial score (nSPS) is 11.7. The highest BCUT2D eigenvalue weighted by Gasteiger charge is 2.21. The predicted octanol–water partition coefficient (Wildman–Crippen LogP) is 10.7. The van der Waals surface area contributed by atoms with Crippen LogP contribution in [0.25, 0.3) is 87.3 Å². The molecule has 0 saturated carbocycles. The van der Waals surface area contributed by atoms with Crippen LogP contribution < -0.4 is 0 Å². The number of benzene rings is 6. The zero-order valence-corrected chi connectivity index (χ0v) is 22.6. The first-order chi connectivity index (χ1) is 21.2. The Morgan fingerprint density at radius 3 is 2.14 bits per heavy atom. The fourth-order valence-corrected chi connectivity index (χ4v) is 6.56. The smallest absolute Gasteiger partial charge is 0.188 e. The summed E-state index contributed by atoms with van der Waals surface area (Å²) in [5.74, 6) is 0. The van der Waals surface area contributed by atoms with Crippen LogP contribution in [0, 0.1) is 17.9 Å². The summed E-state index contributed by atoms with van der Waals surface area (Å²) in [4.78, 5) is 3.66. The van der Waals surface area contributed by atoms with Gasteiger partial charge in [-0.1, -0.05) is 60.7 Å². The first-order valence-corrected chi connectivity index (χ1v) is 13.9. The third-order valence-electron chi connectivity index (χ3n) is 8.46. The van der Waals surface area contributed by atoms with E-state index >= 15 is 0 Å². The molecule has 43 heavy (non-hydrogen) atoms. The number of furan rings is 2. The topological polar surface area (TPSA) is 59.4 Å². The molecular formula is C38H19N3O2. The van der Waals surface area contributed by atoms with E-state index in [9.17, 15) is 5.26 Å². The molecule has 0 unspecified atom stereocenters. The van der Waals surface area contributed by atoms with Gasteiger partial charge >= 0.3 is 0 Å². The van der Waals surface area contributed by atoms with E-state index in [4.69, 9.17) is 15.4 Å². The van der Waals surface area contributed by atoms with Crippen LogP contribution in [-0.4, -0.2) is 4.57 Å². The Morgan fingerprint density at radius 1 is 0.605 bits per heavy atom. The molecule has 6 aromatic carbocycles. The van der Waals surface area contributed by atoms with Crippen molar-refractivity contribution >= 4 is 71.4 Å². The molecule has 0 fully saturated rings. The van der Waals surface area contributed by atoms with Crippen LogP contribution in [0.5, 0.6) is 0 Å². The summed E-state index contributed by atoms with van der Waals surface area (Å²) >= 11 is 0. The summed E-state index contributed by atoms with van der Waals surface area (Å²) in [6, 6.07) is 40.6. The first-order valence-electron chi connectivity index (χ1n) is 13.9. The van der Waals surface area contributed by atoms with Crippen LogP contribution in [-0.2, 0) is 0 Å². The monoisotopic (exact) mass is 549 g/mol. The summed E-state index contributed by atoms with van der Waals surface area (Å²) in [5.41, 5.74) is 8.84. The molecule has 0 aliphatic carbocycles. The number of para-hydroxylation sites is 3. The van der Waals surface area contributed by atoms with Gasteiger partial charge in [-0.25, -0.2) is 4.85 Å². The van der Waals surface area contributed by atoms with E-state index in [1.54, 1.807) is 0 Å². The second kappa shape index (κ2) is 8.60. The van der Waals surface area contributed by atoms with Gasteiger partial charge in [-0.15, -0.1) is 0 Å². The van der Waals surface area contributed by atoms with Crippen molar-refractivity contribution in [3.05, 3.63) is 132 Å². The number of rotatable bonds is 2. The Kier molecular flexibility index (Phi) is 4.68. The molecule has 0 aliphatic rings. The average Bonchev–Trinajstić information content (AvgIpc) is 3.73. The van der Waals surface area contributed by atoms with Gasteiger partial charge in [0.15, 0.2) is 16.9 Å². The number of aromatic nitrogens is 1. The molecule has 0 spiro atoms. The van der Waals surface area contributed by atoms with Crippen LogP contribution in [0.4, 0.5) is 5.69 Å². The second-order valence-electron chi connectivity index (χ2n) is 10.7. The summed E-state index contributed by atoms with van der Waals surface area (Å²) in [5, 5.41) is 16.4. The van der Waals surface area contributed by atoms with E-state index in [-0.39, 0.29) is 0 Å². The molecule has 0 amide bonds. The highest BCUT2D eigenvalue weighted by atomic mass is 16.4. The van der Waals surface area contributed by atoms with Crippen LogP contribution >= 0.6 is 0 Å². The molecule has 0 bridgehead atoms. The molecule has 3 heterocycles. The molecule has 198 valence electrons. The van der Waals surface area contributed by atoms with Gasteiger partial charge in [-0.3, -0.25) is 0 Å². The van der Waals surface area contributed by atoms with Gasteiger partial charge < -0.3 is 13.4 Å². The Hall–Kier alpha value is -6.30. The minimum atomic E-state index is 0.565. The Balaban J connectivity index is 1.34. The molecule has 3 aromatic heterocycles. The van der Waals surface area contributed by atoms with E-state index in [1.165, 1.54) is 0 Å². The van der Waals surface area contributed by atoms with Crippen molar-refractivity contribution < 1.29 is 8.83 Å². The molecule has 0 saturated heterocycles. The van der Waals surface area contributed by atoms with Crippen molar-refractivity contribution in [3.8, 4) is 22.9 Å². The minimum absolute atomic E-state index is 0.565. The Morgan fingerprint density at radius 2 is 1.33 bits per heavy atom. The summed E-state index contributed by atoms with van der Waals surface area (Å²) < 4.78 is 14.8. The van der Waals surface area contributed by atoms with Crippen molar-refractivity contribution in [1.29, 1.82) is 5.26 Å². The van der Waals surface area contributed by atoms with Gasteiger partial charge in [-0.2, -0.15) is 5.26 Å². The lowest BCUT2D eigenvalue weighted by Gasteiger charge is -2.16. The van der Waals surface area contributed by atoms with Gasteiger partial charge in [0.25, 0.3) is 0 Å². The fraction of sp³-hybridized carbons (Fsp3) is 0. The van der Waals surface area contributed by atoms with Crippen molar-refractivity contribution in [1.82, 2.24) is 4.57 Å². The van der Waals surface area contributed by atoms with Gasteiger partial charge in [0.05, 0.1) is 28.9 Å². The molecule has 9 aromatic rings. The van der Waals surface area contributed by atoms with E-state index in [1.807, 2.05) is 72.8 Å². The number of fused-ring (bicyclic) bond motifs is 10. The second-order valence-corrected chi connectivity index (χ2v) is 10.7. The summed E-state index contributed by atoms with van der Waals surface area (Å²) in [6.45, 7) is 7.55. The Bertz CT molecular complexity index is 2710. The highest BCUT2D eigenvalue weighted by Crippen LogP contribution is 2.42. The molecule has 0 N–H and O–H groups in total. The van der Waals surface area contributed by atoms with Gasteiger partial charge in [0, 0.05) is 32.5 Å². The maximum atomic E-state index is 10.3. The average molecular weight is 550 g/mol. The van der Waals surface area contributed by atoms with Crippen molar-refractivity contribution in [2.24, 2.45) is 0 Å². The fourth-order valence-electron chi connectivity index (χ4n) is 6.56. The maximum Gasteiger partial charge on any atom is 0.188 e. The number of nitrogens with zero attached hydrogens (tertiary/aromatic N) is 3. The number of hydrogen-bond donors (Lipinski definition) is 0. The number of hydrogen-bond acceptors (Lipinski definition) is 3. The zero-order chi connectivity index (χ0) is 28.7. The standard InChI is InChI=1S/C38H19N3O2/c1-40-24-14-17-33-30(20-24)26-8-2-4-11-32(26)41(33)36-23(21-39)7-6-10-25(36)22-13-18-35-31(19-22)29-16-15-28-27-9-3-5-12-34(27)42-37(28)38(29)43-35/h2-20H. The molecule has 5 heteroatoms. The molecule has 9 rings (SSSR count). The maximum absolute atomic E-state index is 10.3. The molecule has 0 radical (unpaired) electrons. The van der Waals surface area contributed by atoms with Crippen molar-refractivity contribution in [3.63, 3.8) is 0 Å². The van der Waals surface area contributed by atoms with Crippen LogP contribution in [0.3, 0.4) is 0 Å². The van der Waals surface area contributed by atoms with Crippen molar-refractivity contribution in [2.45, 2.75) is 0 Å². The van der Waals surface area contributed by atoms with Crippen LogP contribution in [0.1, 0.15) is 5.56 Å². The molecule has 0 aliphatic heterocycles. The third-order valence-corrected chi connectivity index (χ3v) is 8.46. The third kappa shape index (κ3) is 3.19. The molecule has 0 atom stereocenters. The van der Waals surface area contributed by atoms with Gasteiger partial charge in [-0.05, 0) is 65.5 Å². The molecule has 5 nitrogen and oxygen atoms in total. The minimum Gasteiger partial charge on any atom is -0.452 e. The number of nitriles is 1. The lowest BCUT2D eigenvalue weighted by Crippen LogP contribution is -2.00. The lowest BCUT2D eigenvalue weighted by molar-refractivity contribution is 0.633.